The molecule has 23 heavy (non-hydrogen) atoms. The first-order valence-electron chi connectivity index (χ1n) is 7.28. The standard InChI is InChI=1S/C18H17NO4/c1-22-15-9-11-7-8-19-17(14(11)10-16(15)23-2)12-5-3-4-6-13(12)18(20)21/h3-6,9-10H,7-8H2,1-2H3,(H,20,21). The molecule has 3 rings (SSSR count). The van der Waals surface area contributed by atoms with Crippen LogP contribution in [0.15, 0.2) is 41.4 Å². The number of methoxy groups -OCH3 is 2. The van der Waals surface area contributed by atoms with Crippen molar-refractivity contribution in [2.24, 2.45) is 4.99 Å². The van der Waals surface area contributed by atoms with E-state index in [0.29, 0.717) is 29.3 Å². The molecule has 0 saturated carbocycles. The fourth-order valence-corrected chi connectivity index (χ4v) is 2.83. The van der Waals surface area contributed by atoms with Crippen LogP contribution in [0.2, 0.25) is 0 Å². The van der Waals surface area contributed by atoms with Crippen molar-refractivity contribution < 1.29 is 19.4 Å². The molecular weight excluding hydrogens is 294 g/mol. The summed E-state index contributed by atoms with van der Waals surface area (Å²) < 4.78 is 10.7. The van der Waals surface area contributed by atoms with Gasteiger partial charge in [-0.3, -0.25) is 4.99 Å². The average Bonchev–Trinajstić information content (AvgIpc) is 2.59. The lowest BCUT2D eigenvalue weighted by molar-refractivity contribution is 0.0696. The van der Waals surface area contributed by atoms with Gasteiger partial charge in [0.05, 0.1) is 25.5 Å². The van der Waals surface area contributed by atoms with Gasteiger partial charge in [0.2, 0.25) is 0 Å². The van der Waals surface area contributed by atoms with Gasteiger partial charge in [-0.1, -0.05) is 18.2 Å². The maximum Gasteiger partial charge on any atom is 0.336 e. The predicted molar refractivity (Wildman–Crippen MR) is 87.2 cm³/mol. The number of rotatable bonds is 4. The van der Waals surface area contributed by atoms with Crippen LogP contribution < -0.4 is 9.47 Å². The topological polar surface area (TPSA) is 68.1 Å². The fourth-order valence-electron chi connectivity index (χ4n) is 2.83. The van der Waals surface area contributed by atoms with Gasteiger partial charge in [0, 0.05) is 17.7 Å². The molecule has 0 spiro atoms. The van der Waals surface area contributed by atoms with E-state index >= 15 is 0 Å². The van der Waals surface area contributed by atoms with Crippen molar-refractivity contribution in [3.63, 3.8) is 0 Å². The Labute approximate surface area is 134 Å². The number of benzene rings is 2. The zero-order chi connectivity index (χ0) is 16.4. The third-order valence-corrected chi connectivity index (χ3v) is 3.93. The summed E-state index contributed by atoms with van der Waals surface area (Å²) in [5.74, 6) is 0.309. The van der Waals surface area contributed by atoms with Crippen LogP contribution in [0.4, 0.5) is 0 Å². The molecule has 2 aromatic rings. The van der Waals surface area contributed by atoms with E-state index in [1.54, 1.807) is 32.4 Å². The lowest BCUT2D eigenvalue weighted by Gasteiger charge is -2.20. The molecule has 5 nitrogen and oxygen atoms in total. The van der Waals surface area contributed by atoms with E-state index < -0.39 is 5.97 Å². The van der Waals surface area contributed by atoms with Crippen LogP contribution >= 0.6 is 0 Å². The van der Waals surface area contributed by atoms with Gasteiger partial charge < -0.3 is 14.6 Å². The number of aromatic carboxylic acids is 1. The summed E-state index contributed by atoms with van der Waals surface area (Å²) in [7, 11) is 3.18. The molecule has 1 aliphatic rings. The van der Waals surface area contributed by atoms with Crippen molar-refractivity contribution >= 4 is 11.7 Å². The van der Waals surface area contributed by atoms with Crippen LogP contribution in [0.1, 0.15) is 27.0 Å². The van der Waals surface area contributed by atoms with Crippen molar-refractivity contribution in [3.05, 3.63) is 58.7 Å². The molecule has 0 aromatic heterocycles. The Bertz CT molecular complexity index is 796. The molecule has 118 valence electrons. The molecule has 1 N–H and O–H groups in total. The summed E-state index contributed by atoms with van der Waals surface area (Å²) >= 11 is 0. The average molecular weight is 311 g/mol. The van der Waals surface area contributed by atoms with Gasteiger partial charge in [-0.25, -0.2) is 4.79 Å². The van der Waals surface area contributed by atoms with E-state index in [4.69, 9.17) is 9.47 Å². The Kier molecular flexibility index (Phi) is 4.02. The number of hydrogen-bond donors (Lipinski definition) is 1. The Morgan fingerprint density at radius 2 is 1.78 bits per heavy atom. The van der Waals surface area contributed by atoms with E-state index in [9.17, 15) is 9.90 Å². The maximum absolute atomic E-state index is 11.5. The first kappa shape index (κ1) is 15.1. The first-order valence-corrected chi connectivity index (χ1v) is 7.28. The zero-order valence-corrected chi connectivity index (χ0v) is 13.0. The molecule has 0 atom stereocenters. The number of carboxylic acid groups (broad SMARTS) is 1. The molecule has 2 aromatic carbocycles. The van der Waals surface area contributed by atoms with Crippen LogP contribution in [0.25, 0.3) is 0 Å². The van der Waals surface area contributed by atoms with E-state index in [-0.39, 0.29) is 5.56 Å². The lowest BCUT2D eigenvalue weighted by Crippen LogP contribution is -2.17. The first-order chi connectivity index (χ1) is 11.2. The zero-order valence-electron chi connectivity index (χ0n) is 13.0. The van der Waals surface area contributed by atoms with Gasteiger partial charge in [-0.2, -0.15) is 0 Å². The smallest absolute Gasteiger partial charge is 0.336 e. The highest BCUT2D eigenvalue weighted by Crippen LogP contribution is 2.34. The van der Waals surface area contributed by atoms with Gasteiger partial charge in [0.25, 0.3) is 0 Å². The SMILES string of the molecule is COc1cc2c(cc1OC)C(c1ccccc1C(=O)O)=NCC2. The summed E-state index contributed by atoms with van der Waals surface area (Å²) in [6.07, 6.45) is 0.786. The van der Waals surface area contributed by atoms with Crippen molar-refractivity contribution in [1.82, 2.24) is 0 Å². The van der Waals surface area contributed by atoms with E-state index in [1.165, 1.54) is 0 Å². The third-order valence-electron chi connectivity index (χ3n) is 3.93. The van der Waals surface area contributed by atoms with Crippen molar-refractivity contribution in [1.29, 1.82) is 0 Å². The fraction of sp³-hybridized carbons (Fsp3) is 0.222. The van der Waals surface area contributed by atoms with Gasteiger partial charge in [0.1, 0.15) is 0 Å². The summed E-state index contributed by atoms with van der Waals surface area (Å²) in [6, 6.07) is 10.7. The van der Waals surface area contributed by atoms with Gasteiger partial charge in [-0.05, 0) is 30.2 Å². The lowest BCUT2D eigenvalue weighted by atomic mass is 9.90. The second-order valence-corrected chi connectivity index (χ2v) is 5.20. The number of hydrogen-bond acceptors (Lipinski definition) is 4. The highest BCUT2D eigenvalue weighted by atomic mass is 16.5. The maximum atomic E-state index is 11.5. The van der Waals surface area contributed by atoms with Crippen LogP contribution in [-0.4, -0.2) is 37.6 Å². The molecule has 1 aliphatic heterocycles. The molecule has 0 unspecified atom stereocenters. The summed E-state index contributed by atoms with van der Waals surface area (Å²) in [5, 5.41) is 9.43. The molecule has 1 heterocycles. The van der Waals surface area contributed by atoms with Crippen LogP contribution in [0.5, 0.6) is 11.5 Å². The molecular formula is C18H17NO4. The minimum absolute atomic E-state index is 0.244. The molecule has 0 fully saturated rings. The minimum atomic E-state index is -0.962. The van der Waals surface area contributed by atoms with Gasteiger partial charge >= 0.3 is 5.97 Å². The Balaban J connectivity index is 2.18. The predicted octanol–water partition coefficient (Wildman–Crippen LogP) is 2.80. The largest absolute Gasteiger partial charge is 0.493 e. The third kappa shape index (κ3) is 2.65. The van der Waals surface area contributed by atoms with Gasteiger partial charge in [0.15, 0.2) is 11.5 Å². The number of ether oxygens (including phenoxy) is 2. The van der Waals surface area contributed by atoms with Crippen molar-refractivity contribution in [2.75, 3.05) is 20.8 Å². The second-order valence-electron chi connectivity index (χ2n) is 5.20. The second kappa shape index (κ2) is 6.12. The summed E-state index contributed by atoms with van der Waals surface area (Å²) in [5.41, 5.74) is 3.52. The minimum Gasteiger partial charge on any atom is -0.493 e. The van der Waals surface area contributed by atoms with E-state index in [0.717, 1.165) is 17.5 Å². The number of carboxylic acids is 1. The Morgan fingerprint density at radius 1 is 1.09 bits per heavy atom. The van der Waals surface area contributed by atoms with Crippen LogP contribution in [-0.2, 0) is 6.42 Å². The van der Waals surface area contributed by atoms with Gasteiger partial charge in [-0.15, -0.1) is 0 Å². The number of fused-ring (bicyclic) bond motifs is 1. The molecule has 0 radical (unpaired) electrons. The number of carbonyl (C=O) groups is 1. The van der Waals surface area contributed by atoms with Crippen molar-refractivity contribution in [2.45, 2.75) is 6.42 Å². The Hall–Kier alpha value is -2.82. The molecule has 0 saturated heterocycles. The number of aliphatic imine (C=N–C) groups is 1. The summed E-state index contributed by atoms with van der Waals surface area (Å²) in [6.45, 7) is 0.617. The molecule has 0 aliphatic carbocycles. The molecule has 5 heteroatoms. The van der Waals surface area contributed by atoms with E-state index in [2.05, 4.69) is 4.99 Å². The Morgan fingerprint density at radius 3 is 2.48 bits per heavy atom. The molecule has 0 amide bonds. The van der Waals surface area contributed by atoms with Crippen molar-refractivity contribution in [3.8, 4) is 11.5 Å². The monoisotopic (exact) mass is 311 g/mol. The van der Waals surface area contributed by atoms with Crippen LogP contribution in [0.3, 0.4) is 0 Å². The van der Waals surface area contributed by atoms with Crippen LogP contribution in [0, 0.1) is 0 Å². The quantitative estimate of drug-likeness (QED) is 0.942. The van der Waals surface area contributed by atoms with E-state index in [1.807, 2.05) is 18.2 Å². The normalized spacial score (nSPS) is 13.0. The summed E-state index contributed by atoms with van der Waals surface area (Å²) in [4.78, 5) is 16.1. The number of nitrogens with zero attached hydrogens (tertiary/aromatic N) is 1. The highest BCUT2D eigenvalue weighted by Gasteiger charge is 2.22. The highest BCUT2D eigenvalue weighted by molar-refractivity contribution is 6.18. The molecule has 0 bridgehead atoms.